The summed E-state index contributed by atoms with van der Waals surface area (Å²) in [5.41, 5.74) is -0.412. The minimum atomic E-state index is -0.938. The number of carbonyl (C=O) groups excluding carboxylic acids is 1. The molecule has 0 aliphatic heterocycles. The lowest BCUT2D eigenvalue weighted by Gasteiger charge is -2.26. The molecule has 0 unspecified atom stereocenters. The van der Waals surface area contributed by atoms with Crippen molar-refractivity contribution >= 4 is 23.2 Å². The van der Waals surface area contributed by atoms with Crippen molar-refractivity contribution in [2.24, 2.45) is 0 Å². The number of anilines is 1. The maximum Gasteiger partial charge on any atom is 0.227 e. The average Bonchev–Trinajstić information content (AvgIpc) is 2.41. The normalized spacial score (nSPS) is 11.3. The van der Waals surface area contributed by atoms with Gasteiger partial charge in [-0.15, -0.1) is 0 Å². The summed E-state index contributed by atoms with van der Waals surface area (Å²) in [6, 6.07) is 5.06. The molecule has 1 amide bonds. The van der Waals surface area contributed by atoms with E-state index in [-0.39, 0.29) is 12.3 Å². The Morgan fingerprint density at radius 3 is 2.43 bits per heavy atom. The molecule has 0 radical (unpaired) electrons. The smallest absolute Gasteiger partial charge is 0.227 e. The summed E-state index contributed by atoms with van der Waals surface area (Å²) in [4.78, 5) is 12.1. The van der Waals surface area contributed by atoms with E-state index in [1.165, 1.54) is 0 Å². The molecular weight excluding hydrogens is 290 g/mol. The third kappa shape index (κ3) is 5.56. The van der Waals surface area contributed by atoms with Gasteiger partial charge in [-0.05, 0) is 25.0 Å². The van der Waals surface area contributed by atoms with Crippen LogP contribution in [0, 0.1) is 0 Å². The Balaban J connectivity index is 2.72. The molecule has 0 spiro atoms. The van der Waals surface area contributed by atoms with Crippen LogP contribution < -0.4 is 10.1 Å². The van der Waals surface area contributed by atoms with Gasteiger partial charge in [0.2, 0.25) is 5.91 Å². The molecule has 0 saturated carbocycles. The molecule has 0 aromatic heterocycles. The lowest BCUT2D eigenvalue weighted by molar-refractivity contribution is -0.121. The Kier molecular flexibility index (Phi) is 6.99. The average molecular weight is 314 g/mol. The number of methoxy groups -OCH3 is 1. The Morgan fingerprint density at radius 2 is 1.95 bits per heavy atom. The molecule has 0 atom stereocenters. The van der Waals surface area contributed by atoms with Gasteiger partial charge in [0.1, 0.15) is 5.75 Å². The zero-order chi connectivity index (χ0) is 15.9. The summed E-state index contributed by atoms with van der Waals surface area (Å²) in [5.74, 6) is 0.401. The van der Waals surface area contributed by atoms with Crippen LogP contribution in [0.3, 0.4) is 0 Å². The molecule has 0 fully saturated rings. The van der Waals surface area contributed by atoms with E-state index in [0.29, 0.717) is 29.3 Å². The first-order valence-electron chi connectivity index (χ1n) is 7.30. The molecule has 2 N–H and O–H groups in total. The highest BCUT2D eigenvalue weighted by Gasteiger charge is 2.28. The highest BCUT2D eigenvalue weighted by Crippen LogP contribution is 2.28. The minimum Gasteiger partial charge on any atom is -0.497 e. The number of benzene rings is 1. The second kappa shape index (κ2) is 8.25. The number of hydrogen-bond donors (Lipinski definition) is 2. The summed E-state index contributed by atoms with van der Waals surface area (Å²) in [6.45, 7) is 4.00. The van der Waals surface area contributed by atoms with Crippen molar-refractivity contribution < 1.29 is 14.6 Å². The van der Waals surface area contributed by atoms with Gasteiger partial charge in [0.15, 0.2) is 0 Å². The van der Waals surface area contributed by atoms with Crippen LogP contribution in [-0.4, -0.2) is 23.7 Å². The first-order valence-corrected chi connectivity index (χ1v) is 7.67. The van der Waals surface area contributed by atoms with Gasteiger partial charge in [-0.3, -0.25) is 4.79 Å². The van der Waals surface area contributed by atoms with Crippen LogP contribution in [0.5, 0.6) is 5.75 Å². The molecular formula is C16H24ClNO3. The third-order valence-electron chi connectivity index (χ3n) is 3.37. The van der Waals surface area contributed by atoms with Gasteiger partial charge in [-0.1, -0.05) is 38.3 Å². The molecule has 0 saturated heterocycles. The molecule has 118 valence electrons. The largest absolute Gasteiger partial charge is 0.497 e. The van der Waals surface area contributed by atoms with Gasteiger partial charge in [0.05, 0.1) is 29.8 Å². The van der Waals surface area contributed by atoms with Crippen LogP contribution in [0.1, 0.15) is 46.0 Å². The van der Waals surface area contributed by atoms with Gasteiger partial charge in [0.25, 0.3) is 0 Å². The Hall–Kier alpha value is -1.26. The van der Waals surface area contributed by atoms with E-state index in [1.54, 1.807) is 25.3 Å². The number of nitrogens with one attached hydrogen (secondary N) is 1. The van der Waals surface area contributed by atoms with Crippen LogP contribution in [0.2, 0.25) is 5.02 Å². The monoisotopic (exact) mass is 313 g/mol. The SMILES string of the molecule is CCCC(O)(CCC)CC(=O)Nc1ccc(OC)cc1Cl. The summed E-state index contributed by atoms with van der Waals surface area (Å²) < 4.78 is 5.06. The quantitative estimate of drug-likeness (QED) is 0.762. The predicted molar refractivity (Wildman–Crippen MR) is 86.0 cm³/mol. The number of amides is 1. The molecule has 21 heavy (non-hydrogen) atoms. The summed E-state index contributed by atoms with van der Waals surface area (Å²) in [7, 11) is 1.56. The van der Waals surface area contributed by atoms with Crippen LogP contribution in [0.4, 0.5) is 5.69 Å². The second-order valence-electron chi connectivity index (χ2n) is 5.30. The van der Waals surface area contributed by atoms with Crippen molar-refractivity contribution in [1.82, 2.24) is 0 Å². The molecule has 0 aliphatic rings. The van der Waals surface area contributed by atoms with Crippen molar-refractivity contribution in [1.29, 1.82) is 0 Å². The zero-order valence-electron chi connectivity index (χ0n) is 12.9. The topological polar surface area (TPSA) is 58.6 Å². The first-order chi connectivity index (χ1) is 9.94. The fraction of sp³-hybridized carbons (Fsp3) is 0.562. The van der Waals surface area contributed by atoms with Crippen molar-refractivity contribution in [3.05, 3.63) is 23.2 Å². The van der Waals surface area contributed by atoms with Gasteiger partial charge < -0.3 is 15.2 Å². The molecule has 1 aromatic carbocycles. The van der Waals surface area contributed by atoms with E-state index in [4.69, 9.17) is 16.3 Å². The van der Waals surface area contributed by atoms with Crippen LogP contribution in [0.25, 0.3) is 0 Å². The van der Waals surface area contributed by atoms with Crippen LogP contribution in [-0.2, 0) is 4.79 Å². The number of ether oxygens (including phenoxy) is 1. The first kappa shape index (κ1) is 17.8. The Labute approximate surface area is 131 Å². The minimum absolute atomic E-state index is 0.0804. The van der Waals surface area contributed by atoms with E-state index in [0.717, 1.165) is 12.8 Å². The van der Waals surface area contributed by atoms with Gasteiger partial charge in [-0.25, -0.2) is 0 Å². The number of hydrogen-bond acceptors (Lipinski definition) is 3. The van der Waals surface area contributed by atoms with E-state index < -0.39 is 5.60 Å². The Bertz CT molecular complexity index is 471. The highest BCUT2D eigenvalue weighted by molar-refractivity contribution is 6.33. The van der Waals surface area contributed by atoms with E-state index in [1.807, 2.05) is 13.8 Å². The number of halogens is 1. The fourth-order valence-corrected chi connectivity index (χ4v) is 2.67. The van der Waals surface area contributed by atoms with Crippen molar-refractivity contribution in [2.75, 3.05) is 12.4 Å². The standard InChI is InChI=1S/C16H24ClNO3/c1-4-8-16(20,9-5-2)11-15(19)18-14-7-6-12(21-3)10-13(14)17/h6-7,10,20H,4-5,8-9,11H2,1-3H3,(H,18,19). The van der Waals surface area contributed by atoms with Crippen LogP contribution >= 0.6 is 11.6 Å². The molecule has 1 rings (SSSR count). The van der Waals surface area contributed by atoms with E-state index >= 15 is 0 Å². The van der Waals surface area contributed by atoms with Gasteiger partial charge in [0, 0.05) is 6.07 Å². The summed E-state index contributed by atoms with van der Waals surface area (Å²) >= 11 is 6.09. The molecule has 0 heterocycles. The lowest BCUT2D eigenvalue weighted by atomic mass is 9.89. The fourth-order valence-electron chi connectivity index (χ4n) is 2.45. The van der Waals surface area contributed by atoms with Gasteiger partial charge in [-0.2, -0.15) is 0 Å². The molecule has 0 bridgehead atoms. The van der Waals surface area contributed by atoms with Gasteiger partial charge >= 0.3 is 0 Å². The molecule has 1 aromatic rings. The van der Waals surface area contributed by atoms with E-state index in [2.05, 4.69) is 5.32 Å². The Morgan fingerprint density at radius 1 is 1.33 bits per heavy atom. The number of rotatable bonds is 8. The third-order valence-corrected chi connectivity index (χ3v) is 3.68. The molecule has 4 nitrogen and oxygen atoms in total. The van der Waals surface area contributed by atoms with Crippen molar-refractivity contribution in [3.8, 4) is 5.75 Å². The molecule has 0 aliphatic carbocycles. The number of carbonyl (C=O) groups is 1. The lowest BCUT2D eigenvalue weighted by Crippen LogP contribution is -2.33. The maximum absolute atomic E-state index is 12.1. The maximum atomic E-state index is 12.1. The number of aliphatic hydroxyl groups is 1. The predicted octanol–water partition coefficient (Wildman–Crippen LogP) is 4.01. The van der Waals surface area contributed by atoms with Crippen molar-refractivity contribution in [2.45, 2.75) is 51.6 Å². The second-order valence-corrected chi connectivity index (χ2v) is 5.70. The molecule has 5 heteroatoms. The van der Waals surface area contributed by atoms with Crippen molar-refractivity contribution in [3.63, 3.8) is 0 Å². The highest BCUT2D eigenvalue weighted by atomic mass is 35.5. The van der Waals surface area contributed by atoms with E-state index in [9.17, 15) is 9.90 Å². The van der Waals surface area contributed by atoms with Crippen LogP contribution in [0.15, 0.2) is 18.2 Å². The zero-order valence-corrected chi connectivity index (χ0v) is 13.7. The summed E-state index contributed by atoms with van der Waals surface area (Å²) in [5, 5.41) is 13.7. The summed E-state index contributed by atoms with van der Waals surface area (Å²) in [6.07, 6.45) is 2.99.